The molecule has 0 bridgehead atoms. The van der Waals surface area contributed by atoms with Gasteiger partial charge in [-0.2, -0.15) is 0 Å². The molecule has 0 fully saturated rings. The Hall–Kier alpha value is 0.440. The van der Waals surface area contributed by atoms with Crippen LogP contribution >= 0.6 is 27.5 Å². The van der Waals surface area contributed by atoms with Crippen LogP contribution in [0.15, 0.2) is 0 Å². The summed E-state index contributed by atoms with van der Waals surface area (Å²) in [7, 11) is 0. The zero-order valence-corrected chi connectivity index (χ0v) is 7.16. The van der Waals surface area contributed by atoms with Crippen molar-refractivity contribution < 1.29 is 4.79 Å². The second-order valence-corrected chi connectivity index (χ2v) is 3.36. The van der Waals surface area contributed by atoms with Crippen LogP contribution in [0.25, 0.3) is 0 Å². The lowest BCUT2D eigenvalue weighted by atomic mass is 10.2. The van der Waals surface area contributed by atoms with Gasteiger partial charge in [-0.1, -0.05) is 15.9 Å². The van der Waals surface area contributed by atoms with Crippen LogP contribution in [0, 0.1) is 0 Å². The van der Waals surface area contributed by atoms with E-state index in [1.54, 1.807) is 6.92 Å². The van der Waals surface area contributed by atoms with Gasteiger partial charge in [0.15, 0.2) is 0 Å². The first-order valence-electron chi connectivity index (χ1n) is 2.34. The highest BCUT2D eigenvalue weighted by atomic mass is 79.9. The third-order valence-electron chi connectivity index (χ3n) is 0.792. The van der Waals surface area contributed by atoms with Gasteiger partial charge in [-0.15, -0.1) is 11.6 Å². The molecule has 0 saturated carbocycles. The zero-order chi connectivity index (χ0) is 6.73. The Kier molecular flexibility index (Phi) is 3.65. The number of ketones is 1. The zero-order valence-electron chi connectivity index (χ0n) is 4.82. The minimum Gasteiger partial charge on any atom is -0.299 e. The Balaban J connectivity index is 3.64. The van der Waals surface area contributed by atoms with Gasteiger partial charge in [0, 0.05) is 0 Å². The monoisotopic (exact) mass is 198 g/mol. The molecular formula is C5H8BrClO. The number of Topliss-reactive ketones (excluding diaryl/α,β-unsaturated/α-hetero) is 1. The number of hydrogen-bond donors (Lipinski definition) is 0. The van der Waals surface area contributed by atoms with Crippen molar-refractivity contribution in [2.75, 3.05) is 0 Å². The molecule has 0 saturated heterocycles. The van der Waals surface area contributed by atoms with E-state index in [1.807, 2.05) is 0 Å². The van der Waals surface area contributed by atoms with Crippen molar-refractivity contribution in [3.63, 3.8) is 0 Å². The van der Waals surface area contributed by atoms with Crippen molar-refractivity contribution in [1.82, 2.24) is 0 Å². The van der Waals surface area contributed by atoms with Gasteiger partial charge >= 0.3 is 0 Å². The van der Waals surface area contributed by atoms with Gasteiger partial charge in [-0.05, 0) is 13.8 Å². The molecule has 0 aromatic rings. The SMILES string of the molecule is CC(=O)[C@H](Br)[C@@H](C)Cl. The van der Waals surface area contributed by atoms with Crippen molar-refractivity contribution in [3.8, 4) is 0 Å². The Morgan fingerprint density at radius 2 is 2.12 bits per heavy atom. The fourth-order valence-electron chi connectivity index (χ4n) is 0.323. The first-order valence-corrected chi connectivity index (χ1v) is 3.69. The average molecular weight is 199 g/mol. The maximum Gasteiger partial charge on any atom is 0.144 e. The highest BCUT2D eigenvalue weighted by Crippen LogP contribution is 2.11. The van der Waals surface area contributed by atoms with Crippen LogP contribution in [0.3, 0.4) is 0 Å². The van der Waals surface area contributed by atoms with Gasteiger partial charge in [-0.3, -0.25) is 4.79 Å². The van der Waals surface area contributed by atoms with Crippen molar-refractivity contribution in [2.24, 2.45) is 0 Å². The fraction of sp³-hybridized carbons (Fsp3) is 0.800. The molecule has 0 aromatic heterocycles. The first kappa shape index (κ1) is 8.44. The molecule has 0 aliphatic rings. The molecule has 0 aromatic carbocycles. The Morgan fingerprint density at radius 1 is 1.75 bits per heavy atom. The van der Waals surface area contributed by atoms with Crippen LogP contribution in [-0.2, 0) is 4.79 Å². The van der Waals surface area contributed by atoms with Crippen molar-refractivity contribution in [2.45, 2.75) is 24.1 Å². The summed E-state index contributed by atoms with van der Waals surface area (Å²) < 4.78 is 0. The molecule has 1 nitrogen and oxygen atoms in total. The second-order valence-electron chi connectivity index (χ2n) is 1.69. The van der Waals surface area contributed by atoms with E-state index < -0.39 is 0 Å². The molecule has 0 spiro atoms. The predicted molar refractivity (Wildman–Crippen MR) is 38.7 cm³/mol. The maximum absolute atomic E-state index is 10.5. The van der Waals surface area contributed by atoms with E-state index in [-0.39, 0.29) is 16.0 Å². The molecule has 0 amide bonds. The van der Waals surface area contributed by atoms with E-state index in [0.717, 1.165) is 0 Å². The predicted octanol–water partition coefficient (Wildman–Crippen LogP) is 1.97. The van der Waals surface area contributed by atoms with Gasteiger partial charge in [0.25, 0.3) is 0 Å². The van der Waals surface area contributed by atoms with E-state index in [0.29, 0.717) is 0 Å². The van der Waals surface area contributed by atoms with Gasteiger partial charge in [0.2, 0.25) is 0 Å². The molecular weight excluding hydrogens is 191 g/mol. The average Bonchev–Trinajstić information content (AvgIpc) is 1.64. The van der Waals surface area contributed by atoms with Crippen LogP contribution in [0.1, 0.15) is 13.8 Å². The minimum atomic E-state index is -0.191. The molecule has 0 unspecified atom stereocenters. The molecule has 3 heteroatoms. The van der Waals surface area contributed by atoms with Crippen molar-refractivity contribution in [3.05, 3.63) is 0 Å². The number of hydrogen-bond acceptors (Lipinski definition) is 1. The van der Waals surface area contributed by atoms with Crippen LogP contribution in [0.5, 0.6) is 0 Å². The number of alkyl halides is 2. The Bertz CT molecular complexity index is 92.4. The maximum atomic E-state index is 10.5. The first-order chi connectivity index (χ1) is 3.55. The molecule has 0 radical (unpaired) electrons. The van der Waals surface area contributed by atoms with Crippen LogP contribution in [0.4, 0.5) is 0 Å². The van der Waals surface area contributed by atoms with E-state index in [4.69, 9.17) is 11.6 Å². The van der Waals surface area contributed by atoms with E-state index in [2.05, 4.69) is 15.9 Å². The quantitative estimate of drug-likeness (QED) is 0.622. The van der Waals surface area contributed by atoms with Crippen molar-refractivity contribution in [1.29, 1.82) is 0 Å². The molecule has 8 heavy (non-hydrogen) atoms. The Morgan fingerprint density at radius 3 is 2.12 bits per heavy atom. The van der Waals surface area contributed by atoms with E-state index in [9.17, 15) is 4.79 Å². The second kappa shape index (κ2) is 3.46. The molecule has 0 aliphatic carbocycles. The molecule has 0 heterocycles. The summed E-state index contributed by atoms with van der Waals surface area (Å²) in [5.41, 5.74) is 0. The lowest BCUT2D eigenvalue weighted by molar-refractivity contribution is -0.116. The molecule has 0 N–H and O–H groups in total. The number of rotatable bonds is 2. The summed E-state index contributed by atoms with van der Waals surface area (Å²) in [5, 5.41) is -0.118. The molecule has 0 rings (SSSR count). The third kappa shape index (κ3) is 2.68. The number of carbonyl (C=O) groups excluding carboxylic acids is 1. The highest BCUT2D eigenvalue weighted by Gasteiger charge is 2.14. The van der Waals surface area contributed by atoms with Gasteiger partial charge in [0.1, 0.15) is 5.78 Å². The van der Waals surface area contributed by atoms with Crippen LogP contribution in [-0.4, -0.2) is 16.0 Å². The normalized spacial score (nSPS) is 17.5. The fourth-order valence-corrected chi connectivity index (χ4v) is 0.501. The molecule has 2 atom stereocenters. The third-order valence-corrected chi connectivity index (χ3v) is 2.79. The standard InChI is InChI=1S/C5H8BrClO/c1-3(7)5(6)4(2)8/h3,5H,1-2H3/t3-,5-/m1/s1. The van der Waals surface area contributed by atoms with Crippen molar-refractivity contribution >= 4 is 33.3 Å². The number of halogens is 2. The summed E-state index contributed by atoms with van der Waals surface area (Å²) in [6.07, 6.45) is 0. The topological polar surface area (TPSA) is 17.1 Å². The smallest absolute Gasteiger partial charge is 0.144 e. The lowest BCUT2D eigenvalue weighted by Crippen LogP contribution is -2.18. The van der Waals surface area contributed by atoms with Gasteiger partial charge in [0.05, 0.1) is 10.2 Å². The lowest BCUT2D eigenvalue weighted by Gasteiger charge is -2.05. The summed E-state index contributed by atoms with van der Waals surface area (Å²) >= 11 is 8.68. The summed E-state index contributed by atoms with van der Waals surface area (Å²) in [5.74, 6) is 0.0764. The Labute approximate surface area is 62.5 Å². The van der Waals surface area contributed by atoms with Crippen LogP contribution < -0.4 is 0 Å². The van der Waals surface area contributed by atoms with E-state index in [1.165, 1.54) is 6.92 Å². The van der Waals surface area contributed by atoms with E-state index >= 15 is 0 Å². The van der Waals surface area contributed by atoms with Crippen LogP contribution in [0.2, 0.25) is 0 Å². The minimum absolute atomic E-state index is 0.0764. The molecule has 0 aliphatic heterocycles. The summed E-state index contributed by atoms with van der Waals surface area (Å²) in [4.78, 5) is 10.3. The van der Waals surface area contributed by atoms with Gasteiger partial charge in [-0.25, -0.2) is 0 Å². The molecule has 48 valence electrons. The largest absolute Gasteiger partial charge is 0.299 e. The highest BCUT2D eigenvalue weighted by molar-refractivity contribution is 9.10. The summed E-state index contributed by atoms with van der Waals surface area (Å²) in [6, 6.07) is 0. The van der Waals surface area contributed by atoms with Gasteiger partial charge < -0.3 is 0 Å². The summed E-state index contributed by atoms with van der Waals surface area (Å²) in [6.45, 7) is 3.29. The number of carbonyl (C=O) groups is 1.